The molecule has 2 rings (SSSR count). The van der Waals surface area contributed by atoms with Crippen molar-refractivity contribution in [1.29, 1.82) is 0 Å². The normalized spacial score (nSPS) is 23.1. The Morgan fingerprint density at radius 2 is 2.35 bits per heavy atom. The maximum Gasteiger partial charge on any atom is 0.0598 e. The number of aryl methyl sites for hydroxylation is 1. The summed E-state index contributed by atoms with van der Waals surface area (Å²) in [5.74, 6) is 0. The fourth-order valence-electron chi connectivity index (χ4n) is 3.36. The van der Waals surface area contributed by atoms with Gasteiger partial charge in [0, 0.05) is 23.6 Å². The maximum atomic E-state index is 9.09. The van der Waals surface area contributed by atoms with E-state index < -0.39 is 0 Å². The molecule has 0 amide bonds. The van der Waals surface area contributed by atoms with Crippen molar-refractivity contribution < 1.29 is 5.11 Å². The van der Waals surface area contributed by atoms with Gasteiger partial charge >= 0.3 is 0 Å². The van der Waals surface area contributed by atoms with E-state index in [4.69, 9.17) is 10.8 Å². The first-order chi connectivity index (χ1) is 9.69. The Balaban J connectivity index is 2.20. The SMILES string of the molecule is CCC(N)C(c1sccc1C)N1CCCC1CCCO. The summed E-state index contributed by atoms with van der Waals surface area (Å²) in [5, 5.41) is 11.3. The molecule has 1 aliphatic heterocycles. The maximum absolute atomic E-state index is 9.09. The lowest BCUT2D eigenvalue weighted by atomic mass is 9.98. The van der Waals surface area contributed by atoms with Gasteiger partial charge in [0.25, 0.3) is 0 Å². The van der Waals surface area contributed by atoms with Crippen LogP contribution in [0.25, 0.3) is 0 Å². The summed E-state index contributed by atoms with van der Waals surface area (Å²) in [6, 6.07) is 3.34. The van der Waals surface area contributed by atoms with Crippen LogP contribution in [0.15, 0.2) is 11.4 Å². The molecule has 0 saturated carbocycles. The van der Waals surface area contributed by atoms with Gasteiger partial charge in [0.2, 0.25) is 0 Å². The van der Waals surface area contributed by atoms with E-state index in [1.807, 2.05) is 11.3 Å². The summed E-state index contributed by atoms with van der Waals surface area (Å²) in [6.45, 7) is 5.82. The van der Waals surface area contributed by atoms with E-state index in [0.29, 0.717) is 18.7 Å². The van der Waals surface area contributed by atoms with Crippen molar-refractivity contribution in [2.45, 2.75) is 64.1 Å². The van der Waals surface area contributed by atoms with Gasteiger partial charge in [-0.2, -0.15) is 0 Å². The molecule has 1 aromatic rings. The standard InChI is InChI=1S/C16H28N2OS/c1-3-14(17)15(16-12(2)8-11-20-16)18-9-4-6-13(18)7-5-10-19/h8,11,13-15,19H,3-7,9-10,17H2,1-2H3. The highest BCUT2D eigenvalue weighted by Crippen LogP contribution is 2.37. The Morgan fingerprint density at radius 1 is 1.55 bits per heavy atom. The molecule has 0 bridgehead atoms. The Hall–Kier alpha value is -0.420. The minimum atomic E-state index is 0.196. The van der Waals surface area contributed by atoms with E-state index in [1.165, 1.54) is 23.3 Å². The molecular formula is C16H28N2OS. The first kappa shape index (κ1) is 16.0. The van der Waals surface area contributed by atoms with Gasteiger partial charge in [0.1, 0.15) is 0 Å². The molecule has 2 heterocycles. The molecule has 3 unspecified atom stereocenters. The number of thiophene rings is 1. The summed E-state index contributed by atoms with van der Waals surface area (Å²) in [6.07, 6.45) is 5.50. The van der Waals surface area contributed by atoms with Crippen molar-refractivity contribution in [3.8, 4) is 0 Å². The van der Waals surface area contributed by atoms with Crippen LogP contribution in [0.1, 0.15) is 55.5 Å². The second-order valence-corrected chi connectivity index (χ2v) is 6.83. The fraction of sp³-hybridized carbons (Fsp3) is 0.750. The van der Waals surface area contributed by atoms with Gasteiger partial charge in [-0.15, -0.1) is 11.3 Å². The van der Waals surface area contributed by atoms with E-state index in [1.54, 1.807) is 0 Å². The number of likely N-dealkylation sites (tertiary alicyclic amines) is 1. The third kappa shape index (κ3) is 3.42. The van der Waals surface area contributed by atoms with Crippen LogP contribution in [0.2, 0.25) is 0 Å². The van der Waals surface area contributed by atoms with E-state index in [-0.39, 0.29) is 6.04 Å². The number of hydrogen-bond donors (Lipinski definition) is 2. The van der Waals surface area contributed by atoms with Gasteiger partial charge in [-0.1, -0.05) is 6.92 Å². The quantitative estimate of drug-likeness (QED) is 0.813. The summed E-state index contributed by atoms with van der Waals surface area (Å²) < 4.78 is 0. The van der Waals surface area contributed by atoms with E-state index in [0.717, 1.165) is 25.8 Å². The number of hydrogen-bond acceptors (Lipinski definition) is 4. The number of aliphatic hydroxyl groups excluding tert-OH is 1. The van der Waals surface area contributed by atoms with Crippen LogP contribution in [0.4, 0.5) is 0 Å². The van der Waals surface area contributed by atoms with Crippen LogP contribution in [-0.2, 0) is 0 Å². The van der Waals surface area contributed by atoms with Crippen molar-refractivity contribution >= 4 is 11.3 Å². The molecule has 3 N–H and O–H groups in total. The molecule has 4 heteroatoms. The first-order valence-corrected chi connectivity index (χ1v) is 8.73. The molecule has 1 aliphatic rings. The Labute approximate surface area is 126 Å². The van der Waals surface area contributed by atoms with Crippen LogP contribution >= 0.6 is 11.3 Å². The van der Waals surface area contributed by atoms with Crippen molar-refractivity contribution in [1.82, 2.24) is 4.90 Å². The highest BCUT2D eigenvalue weighted by Gasteiger charge is 2.35. The first-order valence-electron chi connectivity index (χ1n) is 7.85. The molecule has 1 saturated heterocycles. The van der Waals surface area contributed by atoms with Gasteiger partial charge < -0.3 is 10.8 Å². The summed E-state index contributed by atoms with van der Waals surface area (Å²) >= 11 is 1.84. The lowest BCUT2D eigenvalue weighted by Gasteiger charge is -2.36. The summed E-state index contributed by atoms with van der Waals surface area (Å²) in [4.78, 5) is 4.05. The monoisotopic (exact) mass is 296 g/mol. The molecule has 114 valence electrons. The third-order valence-electron chi connectivity index (χ3n) is 4.52. The predicted octanol–water partition coefficient (Wildman–Crippen LogP) is 3.07. The average molecular weight is 296 g/mol. The van der Waals surface area contributed by atoms with Crippen molar-refractivity contribution in [3.05, 3.63) is 21.9 Å². The molecule has 0 radical (unpaired) electrons. The Morgan fingerprint density at radius 3 is 2.95 bits per heavy atom. The van der Waals surface area contributed by atoms with Crippen LogP contribution in [-0.4, -0.2) is 35.2 Å². The molecule has 0 spiro atoms. The largest absolute Gasteiger partial charge is 0.396 e. The molecular weight excluding hydrogens is 268 g/mol. The topological polar surface area (TPSA) is 49.5 Å². The van der Waals surface area contributed by atoms with Crippen LogP contribution in [0.3, 0.4) is 0 Å². The second-order valence-electron chi connectivity index (χ2n) is 5.88. The molecule has 0 aromatic carbocycles. The van der Waals surface area contributed by atoms with Crippen molar-refractivity contribution in [3.63, 3.8) is 0 Å². The molecule has 3 atom stereocenters. The molecule has 0 aliphatic carbocycles. The van der Waals surface area contributed by atoms with E-state index >= 15 is 0 Å². The van der Waals surface area contributed by atoms with E-state index in [9.17, 15) is 0 Å². The summed E-state index contributed by atoms with van der Waals surface area (Å²) in [7, 11) is 0. The van der Waals surface area contributed by atoms with E-state index in [2.05, 4.69) is 30.2 Å². The zero-order valence-electron chi connectivity index (χ0n) is 12.7. The van der Waals surface area contributed by atoms with Gasteiger partial charge in [0.15, 0.2) is 0 Å². The minimum Gasteiger partial charge on any atom is -0.396 e. The lowest BCUT2D eigenvalue weighted by molar-refractivity contribution is 0.142. The van der Waals surface area contributed by atoms with Gasteiger partial charge in [-0.3, -0.25) is 4.90 Å². The molecule has 1 fully saturated rings. The van der Waals surface area contributed by atoms with Crippen molar-refractivity contribution in [2.75, 3.05) is 13.2 Å². The third-order valence-corrected chi connectivity index (χ3v) is 5.61. The van der Waals surface area contributed by atoms with Gasteiger partial charge in [-0.05, 0) is 62.6 Å². The Bertz CT molecular complexity index is 407. The van der Waals surface area contributed by atoms with Crippen LogP contribution < -0.4 is 5.73 Å². The zero-order chi connectivity index (χ0) is 14.5. The van der Waals surface area contributed by atoms with Crippen LogP contribution in [0, 0.1) is 6.92 Å². The highest BCUT2D eigenvalue weighted by atomic mass is 32.1. The molecule has 1 aromatic heterocycles. The van der Waals surface area contributed by atoms with Crippen molar-refractivity contribution in [2.24, 2.45) is 5.73 Å². The molecule has 3 nitrogen and oxygen atoms in total. The van der Waals surface area contributed by atoms with Crippen LogP contribution in [0.5, 0.6) is 0 Å². The minimum absolute atomic E-state index is 0.196. The van der Waals surface area contributed by atoms with Gasteiger partial charge in [-0.25, -0.2) is 0 Å². The lowest BCUT2D eigenvalue weighted by Crippen LogP contribution is -2.43. The number of nitrogens with zero attached hydrogens (tertiary/aromatic N) is 1. The zero-order valence-corrected chi connectivity index (χ0v) is 13.5. The predicted molar refractivity (Wildman–Crippen MR) is 86.1 cm³/mol. The number of nitrogens with two attached hydrogens (primary N) is 1. The van der Waals surface area contributed by atoms with Gasteiger partial charge in [0.05, 0.1) is 6.04 Å². The summed E-state index contributed by atoms with van der Waals surface area (Å²) in [5.41, 5.74) is 7.84. The second kappa shape index (κ2) is 7.55. The number of aliphatic hydroxyl groups is 1. The highest BCUT2D eigenvalue weighted by molar-refractivity contribution is 7.10. The Kier molecular flexibility index (Phi) is 6.02. The smallest absolute Gasteiger partial charge is 0.0598 e. The average Bonchev–Trinajstić information content (AvgIpc) is 3.07. The molecule has 20 heavy (non-hydrogen) atoms. The fourth-order valence-corrected chi connectivity index (χ4v) is 4.49. The number of rotatable bonds is 7.